The zero-order valence-corrected chi connectivity index (χ0v) is 18.7. The van der Waals surface area contributed by atoms with E-state index in [-0.39, 0.29) is 11.6 Å². The molecule has 0 bridgehead atoms. The van der Waals surface area contributed by atoms with Gasteiger partial charge in [-0.25, -0.2) is 0 Å². The van der Waals surface area contributed by atoms with Gasteiger partial charge in [-0.05, 0) is 0 Å². The van der Waals surface area contributed by atoms with Gasteiger partial charge in [0.25, 0.3) is 0 Å². The molecule has 1 amide bonds. The summed E-state index contributed by atoms with van der Waals surface area (Å²) in [6.45, 7) is 4.05. The van der Waals surface area contributed by atoms with Crippen LogP contribution in [0.2, 0.25) is 0 Å². The van der Waals surface area contributed by atoms with E-state index >= 15 is 0 Å². The van der Waals surface area contributed by atoms with E-state index in [1.165, 1.54) is 49.2 Å². The normalized spacial score (nSPS) is 17.7. The first-order valence-electron chi connectivity index (χ1n) is 10.0. The number of nitrogens with one attached hydrogen (secondary N) is 1. The Labute approximate surface area is 172 Å². The fourth-order valence-corrected chi connectivity index (χ4v) is 11.6. The second kappa shape index (κ2) is 9.19. The molecular formula is C22H30NO3PS. The van der Waals surface area contributed by atoms with Crippen LogP contribution in [-0.4, -0.2) is 37.0 Å². The molecular weight excluding hydrogens is 389 g/mol. The van der Waals surface area contributed by atoms with E-state index in [2.05, 4.69) is 36.5 Å². The Morgan fingerprint density at radius 3 is 2.50 bits per heavy atom. The summed E-state index contributed by atoms with van der Waals surface area (Å²) in [5, 5.41) is 5.02. The number of aryl methyl sites for hydroxylation is 1. The molecule has 1 N–H and O–H groups in total. The number of methoxy groups -OCH3 is 1. The van der Waals surface area contributed by atoms with Gasteiger partial charge >= 0.3 is 172 Å². The van der Waals surface area contributed by atoms with Gasteiger partial charge in [0.05, 0.1) is 0 Å². The van der Waals surface area contributed by atoms with E-state index in [0.29, 0.717) is 10.6 Å². The Hall–Kier alpha value is -1.71. The molecule has 1 fully saturated rings. The van der Waals surface area contributed by atoms with Crippen molar-refractivity contribution in [1.29, 1.82) is 0 Å². The number of hydrogen-bond donors (Lipinski definition) is 1. The molecule has 1 saturated heterocycles. The van der Waals surface area contributed by atoms with Gasteiger partial charge in [0.2, 0.25) is 0 Å². The Balaban J connectivity index is 1.86. The van der Waals surface area contributed by atoms with Crippen LogP contribution >= 0.6 is 18.6 Å². The number of carbonyl (C=O) groups is 2. The van der Waals surface area contributed by atoms with Gasteiger partial charge < -0.3 is 0 Å². The third-order valence-electron chi connectivity index (χ3n) is 6.06. The maximum atomic E-state index is 13.4. The molecule has 2 heterocycles. The fraction of sp³-hybridized carbons (Fsp3) is 0.455. The molecule has 3 rings (SSSR count). The average Bonchev–Trinajstić information content (AvgIpc) is 3.30. The molecule has 1 aliphatic heterocycles. The maximum absolute atomic E-state index is 13.4. The Kier molecular flexibility index (Phi) is 6.90. The van der Waals surface area contributed by atoms with Gasteiger partial charge in [-0.2, -0.15) is 0 Å². The number of amides is 1. The molecule has 6 heteroatoms. The van der Waals surface area contributed by atoms with Crippen molar-refractivity contribution < 1.29 is 14.3 Å². The number of anilines is 1. The monoisotopic (exact) mass is 419 g/mol. The van der Waals surface area contributed by atoms with E-state index in [4.69, 9.17) is 4.74 Å². The van der Waals surface area contributed by atoms with Crippen molar-refractivity contribution in [1.82, 2.24) is 0 Å². The molecule has 0 aliphatic carbocycles. The first kappa shape index (κ1) is 21.0. The van der Waals surface area contributed by atoms with Crippen LogP contribution in [0.1, 0.15) is 47.0 Å². The number of rotatable bonds is 7. The molecule has 1 aromatic carbocycles. The fourth-order valence-electron chi connectivity index (χ4n) is 4.68. The Morgan fingerprint density at radius 1 is 1.21 bits per heavy atom. The van der Waals surface area contributed by atoms with Crippen molar-refractivity contribution in [2.75, 3.05) is 24.8 Å². The molecule has 152 valence electrons. The van der Waals surface area contributed by atoms with Gasteiger partial charge in [-0.15, -0.1) is 0 Å². The third-order valence-corrected chi connectivity index (χ3v) is 13.1. The summed E-state index contributed by atoms with van der Waals surface area (Å²) >= 11 is 1.33. The molecule has 1 atom stereocenters. The van der Waals surface area contributed by atoms with Crippen molar-refractivity contribution in [2.24, 2.45) is 0 Å². The van der Waals surface area contributed by atoms with Crippen molar-refractivity contribution in [3.8, 4) is 0 Å². The minimum absolute atomic E-state index is 0.0556. The number of thiophene rings is 1. The van der Waals surface area contributed by atoms with Crippen molar-refractivity contribution in [2.45, 2.75) is 44.9 Å². The molecule has 1 aliphatic rings. The zero-order valence-electron chi connectivity index (χ0n) is 16.9. The van der Waals surface area contributed by atoms with E-state index in [1.807, 2.05) is 18.4 Å². The first-order valence-corrected chi connectivity index (χ1v) is 13.6. The van der Waals surface area contributed by atoms with E-state index < -0.39 is 13.2 Å². The van der Waals surface area contributed by atoms with Gasteiger partial charge in [0.15, 0.2) is 0 Å². The third kappa shape index (κ3) is 4.31. The topological polar surface area (TPSA) is 55.4 Å². The van der Waals surface area contributed by atoms with Crippen LogP contribution in [-0.2, 0) is 15.7 Å². The summed E-state index contributed by atoms with van der Waals surface area (Å²) < 4.78 is 4.89. The predicted molar refractivity (Wildman–Crippen MR) is 121 cm³/mol. The second-order valence-corrected chi connectivity index (χ2v) is 13.5. The van der Waals surface area contributed by atoms with Crippen LogP contribution in [0.25, 0.3) is 0 Å². The summed E-state index contributed by atoms with van der Waals surface area (Å²) in [5.74, 6) is -0.308. The molecule has 28 heavy (non-hydrogen) atoms. The van der Waals surface area contributed by atoms with Gasteiger partial charge in [-0.3, -0.25) is 0 Å². The molecule has 4 nitrogen and oxygen atoms in total. The van der Waals surface area contributed by atoms with Gasteiger partial charge in [0.1, 0.15) is 0 Å². The molecule has 0 radical (unpaired) electrons. The van der Waals surface area contributed by atoms with E-state index in [1.54, 1.807) is 0 Å². The summed E-state index contributed by atoms with van der Waals surface area (Å²) in [6, 6.07) is 10.6. The summed E-state index contributed by atoms with van der Waals surface area (Å²) in [7, 11) is -0.421. The summed E-state index contributed by atoms with van der Waals surface area (Å²) in [6.07, 6.45) is 6.79. The van der Waals surface area contributed by atoms with Gasteiger partial charge in [0, 0.05) is 0 Å². The van der Waals surface area contributed by atoms with Crippen LogP contribution in [0.3, 0.4) is 0 Å². The Bertz CT molecular complexity index is 828. The van der Waals surface area contributed by atoms with Crippen LogP contribution in [0.15, 0.2) is 35.7 Å². The summed E-state index contributed by atoms with van der Waals surface area (Å²) in [5.41, 5.74) is 2.95. The van der Waals surface area contributed by atoms with Gasteiger partial charge in [-0.1, -0.05) is 0 Å². The van der Waals surface area contributed by atoms with Crippen molar-refractivity contribution in [3.05, 3.63) is 51.7 Å². The average molecular weight is 420 g/mol. The molecule has 2 aromatic rings. The number of carbonyl (C=O) groups excluding carboxylic acids is 2. The second-order valence-electron chi connectivity index (χ2n) is 7.80. The van der Waals surface area contributed by atoms with E-state index in [9.17, 15) is 9.59 Å². The predicted octanol–water partition coefficient (Wildman–Crippen LogP) is 5.30. The molecule has 1 unspecified atom stereocenters. The van der Waals surface area contributed by atoms with Crippen LogP contribution in [0.4, 0.5) is 5.69 Å². The number of ether oxygens (including phenoxy) is 1. The minimum atomic E-state index is -1.79. The van der Waals surface area contributed by atoms with Crippen LogP contribution in [0, 0.1) is 6.92 Å². The van der Waals surface area contributed by atoms with E-state index in [0.717, 1.165) is 18.1 Å². The zero-order chi connectivity index (χ0) is 20.1. The van der Waals surface area contributed by atoms with Crippen molar-refractivity contribution >= 4 is 36.2 Å². The number of benzene rings is 1. The molecule has 0 spiro atoms. The SMILES string of the molecule is CCC(C(=O)Nc1c(C)csc1C(=O)OC)[PH]1(Cc2ccccc2)CCCC1. The molecule has 1 aromatic heterocycles. The van der Waals surface area contributed by atoms with Crippen LogP contribution in [0.5, 0.6) is 0 Å². The number of esters is 1. The quantitative estimate of drug-likeness (QED) is 0.489. The first-order chi connectivity index (χ1) is 13.5. The summed E-state index contributed by atoms with van der Waals surface area (Å²) in [4.78, 5) is 26.0. The van der Waals surface area contributed by atoms with Crippen LogP contribution < -0.4 is 5.32 Å². The molecule has 0 saturated carbocycles. The number of hydrogen-bond acceptors (Lipinski definition) is 4. The Morgan fingerprint density at radius 2 is 1.89 bits per heavy atom. The van der Waals surface area contributed by atoms with Crippen molar-refractivity contribution in [3.63, 3.8) is 0 Å². The standard InChI is InChI=1S/C22H30NO3PS/c1-4-18(21(24)23-19-16(2)15-28-20(19)22(25)26-3)27(12-8-9-13-27)14-17-10-6-5-7-11-17/h5-7,10-11,15,18,27H,4,8-9,12-14H2,1-3H3,(H,23,24).